The van der Waals surface area contributed by atoms with E-state index in [1.54, 1.807) is 11.8 Å². The van der Waals surface area contributed by atoms with E-state index in [9.17, 15) is 8.42 Å². The molecule has 0 bridgehead atoms. The predicted molar refractivity (Wildman–Crippen MR) is 71.5 cm³/mol. The molecule has 1 aromatic heterocycles. The summed E-state index contributed by atoms with van der Waals surface area (Å²) in [5.41, 5.74) is 5.44. The Hall–Kier alpha value is -0.790. The number of hydrogen-bond donors (Lipinski definition) is 2. The Morgan fingerprint density at radius 1 is 1.53 bits per heavy atom. The average molecular weight is 275 g/mol. The molecule has 0 aliphatic rings. The lowest BCUT2D eigenvalue weighted by Gasteiger charge is -2.06. The Kier molecular flexibility index (Phi) is 5.73. The summed E-state index contributed by atoms with van der Waals surface area (Å²) in [4.78, 5) is 3.92. The van der Waals surface area contributed by atoms with Gasteiger partial charge in [-0.3, -0.25) is 0 Å². The second-order valence-electron chi connectivity index (χ2n) is 3.36. The first-order valence-electron chi connectivity index (χ1n) is 5.35. The number of rotatable bonds is 7. The van der Waals surface area contributed by atoms with Gasteiger partial charge in [-0.05, 0) is 24.0 Å². The van der Waals surface area contributed by atoms with E-state index in [-0.39, 0.29) is 10.7 Å². The fourth-order valence-electron chi connectivity index (χ4n) is 1.20. The van der Waals surface area contributed by atoms with Gasteiger partial charge in [-0.15, -0.1) is 0 Å². The molecule has 0 saturated heterocycles. The van der Waals surface area contributed by atoms with Gasteiger partial charge in [-0.25, -0.2) is 18.1 Å². The van der Waals surface area contributed by atoms with Gasteiger partial charge in [0.2, 0.25) is 10.0 Å². The average Bonchev–Trinajstić information content (AvgIpc) is 2.29. The summed E-state index contributed by atoms with van der Waals surface area (Å²) in [6.07, 6.45) is 2.20. The van der Waals surface area contributed by atoms with Crippen LogP contribution in [0.25, 0.3) is 0 Å². The Morgan fingerprint density at radius 2 is 2.29 bits per heavy atom. The molecule has 96 valence electrons. The first-order valence-corrected chi connectivity index (χ1v) is 7.99. The maximum atomic E-state index is 11.8. The van der Waals surface area contributed by atoms with Crippen LogP contribution >= 0.6 is 11.8 Å². The zero-order valence-electron chi connectivity index (χ0n) is 9.72. The fourth-order valence-corrected chi connectivity index (χ4v) is 2.94. The molecule has 3 N–H and O–H groups in total. The highest BCUT2D eigenvalue weighted by Crippen LogP contribution is 2.10. The number of nitrogens with zero attached hydrogens (tertiary/aromatic N) is 1. The number of anilines is 1. The third kappa shape index (κ3) is 4.93. The number of nitrogens with one attached hydrogen (secondary N) is 1. The fraction of sp³-hybridized carbons (Fsp3) is 0.500. The molecule has 1 rings (SSSR count). The van der Waals surface area contributed by atoms with Crippen molar-refractivity contribution in [1.82, 2.24) is 9.71 Å². The van der Waals surface area contributed by atoms with Crippen LogP contribution in [0.2, 0.25) is 0 Å². The van der Waals surface area contributed by atoms with E-state index in [1.807, 2.05) is 0 Å². The van der Waals surface area contributed by atoms with Crippen molar-refractivity contribution in [3.05, 3.63) is 18.3 Å². The molecule has 0 aliphatic heterocycles. The van der Waals surface area contributed by atoms with Gasteiger partial charge in [0.25, 0.3) is 0 Å². The van der Waals surface area contributed by atoms with Gasteiger partial charge in [0.05, 0.1) is 4.90 Å². The van der Waals surface area contributed by atoms with Gasteiger partial charge in [0.1, 0.15) is 5.82 Å². The van der Waals surface area contributed by atoms with E-state index in [1.165, 1.54) is 18.3 Å². The van der Waals surface area contributed by atoms with Crippen LogP contribution in [0.5, 0.6) is 0 Å². The highest BCUT2D eigenvalue weighted by Gasteiger charge is 2.13. The van der Waals surface area contributed by atoms with Crippen molar-refractivity contribution in [3.8, 4) is 0 Å². The maximum Gasteiger partial charge on any atom is 0.240 e. The number of hydrogen-bond acceptors (Lipinski definition) is 5. The lowest BCUT2D eigenvalue weighted by atomic mass is 10.5. The molecular weight excluding hydrogens is 258 g/mol. The van der Waals surface area contributed by atoms with Crippen molar-refractivity contribution in [2.75, 3.05) is 23.8 Å². The van der Waals surface area contributed by atoms with Crippen molar-refractivity contribution in [2.45, 2.75) is 18.2 Å². The van der Waals surface area contributed by atoms with Crippen LogP contribution in [-0.4, -0.2) is 31.5 Å². The summed E-state index contributed by atoms with van der Waals surface area (Å²) in [6, 6.07) is 2.78. The van der Waals surface area contributed by atoms with Gasteiger partial charge in [0, 0.05) is 18.8 Å². The monoisotopic (exact) mass is 275 g/mol. The summed E-state index contributed by atoms with van der Waals surface area (Å²) in [7, 11) is -3.45. The number of thioether (sulfide) groups is 1. The van der Waals surface area contributed by atoms with E-state index in [4.69, 9.17) is 5.73 Å². The smallest absolute Gasteiger partial charge is 0.240 e. The highest BCUT2D eigenvalue weighted by atomic mass is 32.2. The van der Waals surface area contributed by atoms with Gasteiger partial charge in [0.15, 0.2) is 0 Å². The van der Waals surface area contributed by atoms with Crippen molar-refractivity contribution >= 4 is 27.6 Å². The number of sulfonamides is 1. The first kappa shape index (κ1) is 14.3. The molecule has 0 aliphatic carbocycles. The highest BCUT2D eigenvalue weighted by molar-refractivity contribution is 7.99. The molecule has 7 heteroatoms. The van der Waals surface area contributed by atoms with E-state index in [0.717, 1.165) is 17.9 Å². The second-order valence-corrected chi connectivity index (χ2v) is 6.53. The zero-order valence-corrected chi connectivity index (χ0v) is 11.4. The molecular formula is C10H17N3O2S2. The minimum atomic E-state index is -3.45. The molecule has 0 amide bonds. The summed E-state index contributed by atoms with van der Waals surface area (Å²) in [5.74, 6) is 2.21. The largest absolute Gasteiger partial charge is 0.384 e. The molecule has 5 nitrogen and oxygen atoms in total. The van der Waals surface area contributed by atoms with Crippen molar-refractivity contribution in [1.29, 1.82) is 0 Å². The Bertz CT molecular complexity index is 449. The van der Waals surface area contributed by atoms with Crippen LogP contribution < -0.4 is 10.5 Å². The standard InChI is InChI=1S/C10H17N3O2S2/c1-2-16-7-3-5-13-17(14,15)9-4-6-12-10(11)8-9/h4,6,8,13H,2-3,5,7H2,1H3,(H2,11,12). The third-order valence-corrected chi connectivity index (χ3v) is 4.47. The normalized spacial score (nSPS) is 11.6. The van der Waals surface area contributed by atoms with E-state index in [0.29, 0.717) is 6.54 Å². The van der Waals surface area contributed by atoms with Crippen molar-refractivity contribution in [2.24, 2.45) is 0 Å². The molecule has 0 saturated carbocycles. The number of nitrogens with two attached hydrogens (primary N) is 1. The number of nitrogen functional groups attached to an aromatic ring is 1. The van der Waals surface area contributed by atoms with Gasteiger partial charge in [-0.2, -0.15) is 11.8 Å². The molecule has 1 heterocycles. The van der Waals surface area contributed by atoms with Crippen LogP contribution in [0.4, 0.5) is 5.82 Å². The van der Waals surface area contributed by atoms with Crippen LogP contribution in [0.15, 0.2) is 23.2 Å². The Balaban J connectivity index is 2.51. The van der Waals surface area contributed by atoms with Crippen molar-refractivity contribution in [3.63, 3.8) is 0 Å². The van der Waals surface area contributed by atoms with Gasteiger partial charge >= 0.3 is 0 Å². The summed E-state index contributed by atoms with van der Waals surface area (Å²) >= 11 is 1.79. The summed E-state index contributed by atoms with van der Waals surface area (Å²) in [6.45, 7) is 2.52. The van der Waals surface area contributed by atoms with Gasteiger partial charge < -0.3 is 5.73 Å². The second kappa shape index (κ2) is 6.83. The first-order chi connectivity index (χ1) is 8.06. The van der Waals surface area contributed by atoms with E-state index in [2.05, 4.69) is 16.6 Å². The van der Waals surface area contributed by atoms with Crippen molar-refractivity contribution < 1.29 is 8.42 Å². The summed E-state index contributed by atoms with van der Waals surface area (Å²) < 4.78 is 26.2. The zero-order chi connectivity index (χ0) is 12.7. The van der Waals surface area contributed by atoms with Crippen LogP contribution in [-0.2, 0) is 10.0 Å². The molecule has 0 aromatic carbocycles. The molecule has 0 fully saturated rings. The third-order valence-electron chi connectivity index (χ3n) is 2.02. The molecule has 1 aromatic rings. The van der Waals surface area contributed by atoms with E-state index >= 15 is 0 Å². The van der Waals surface area contributed by atoms with Crippen LogP contribution in [0, 0.1) is 0 Å². The SMILES string of the molecule is CCSCCCNS(=O)(=O)c1ccnc(N)c1. The molecule has 0 radical (unpaired) electrons. The molecule has 17 heavy (non-hydrogen) atoms. The molecule has 0 unspecified atom stereocenters. The Morgan fingerprint density at radius 3 is 2.94 bits per heavy atom. The van der Waals surface area contributed by atoms with E-state index < -0.39 is 10.0 Å². The molecule has 0 atom stereocenters. The maximum absolute atomic E-state index is 11.8. The lowest BCUT2D eigenvalue weighted by molar-refractivity contribution is 0.581. The Labute approximate surface area is 106 Å². The van der Waals surface area contributed by atoms with Gasteiger partial charge in [-0.1, -0.05) is 6.92 Å². The summed E-state index contributed by atoms with van der Waals surface area (Å²) in [5, 5.41) is 0. The quantitative estimate of drug-likeness (QED) is 0.727. The lowest BCUT2D eigenvalue weighted by Crippen LogP contribution is -2.25. The van der Waals surface area contributed by atoms with Crippen LogP contribution in [0.1, 0.15) is 13.3 Å². The topological polar surface area (TPSA) is 85.1 Å². The number of aromatic nitrogens is 1. The minimum Gasteiger partial charge on any atom is -0.384 e. The van der Waals surface area contributed by atoms with Crippen LogP contribution in [0.3, 0.4) is 0 Å². The molecule has 0 spiro atoms. The minimum absolute atomic E-state index is 0.160. The number of pyridine rings is 1. The predicted octanol–water partition coefficient (Wildman–Crippen LogP) is 1.09.